The fourth-order valence-electron chi connectivity index (χ4n) is 1.42. The summed E-state index contributed by atoms with van der Waals surface area (Å²) in [6.07, 6.45) is 0.837. The van der Waals surface area contributed by atoms with E-state index in [0.717, 1.165) is 6.42 Å². The minimum atomic E-state index is -3.14. The maximum absolute atomic E-state index is 11.5. The molecule has 0 radical (unpaired) electrons. The molecule has 1 unspecified atom stereocenters. The van der Waals surface area contributed by atoms with Gasteiger partial charge < -0.3 is 5.73 Å². The fourth-order valence-corrected chi connectivity index (χ4v) is 2.88. The Hall–Kier alpha value is -0.130. The molecule has 0 bridgehead atoms. The number of sulfonamides is 1. The summed E-state index contributed by atoms with van der Waals surface area (Å²) < 4.78 is 25.5. The first kappa shape index (κ1) is 14.9. The predicted octanol–water partition coefficient (Wildman–Crippen LogP) is 0.935. The predicted molar refractivity (Wildman–Crippen MR) is 64.1 cm³/mol. The quantitative estimate of drug-likeness (QED) is 0.691. The average molecular weight is 236 g/mol. The lowest BCUT2D eigenvalue weighted by atomic mass is 10.1. The summed E-state index contributed by atoms with van der Waals surface area (Å²) in [6, 6.07) is -0.0908. The Labute approximate surface area is 93.7 Å². The first-order valence-electron chi connectivity index (χ1n) is 5.46. The third-order valence-electron chi connectivity index (χ3n) is 1.89. The molecule has 0 rings (SSSR count). The van der Waals surface area contributed by atoms with E-state index in [1.54, 1.807) is 0 Å². The van der Waals surface area contributed by atoms with E-state index in [-0.39, 0.29) is 17.7 Å². The lowest BCUT2D eigenvalue weighted by molar-refractivity contribution is 0.484. The zero-order chi connectivity index (χ0) is 12.1. The van der Waals surface area contributed by atoms with Crippen LogP contribution in [0.2, 0.25) is 0 Å². The Morgan fingerprint density at radius 1 is 1.13 bits per heavy atom. The molecule has 92 valence electrons. The summed E-state index contributed by atoms with van der Waals surface area (Å²) in [4.78, 5) is 0. The SMILES string of the molecule is CC(C)CC(N)CNS(=O)(=O)CC(C)C. The summed E-state index contributed by atoms with van der Waals surface area (Å²) in [5, 5.41) is 0. The van der Waals surface area contributed by atoms with Gasteiger partial charge in [-0.1, -0.05) is 27.7 Å². The number of hydrogen-bond acceptors (Lipinski definition) is 3. The lowest BCUT2D eigenvalue weighted by Crippen LogP contribution is -2.39. The number of hydrogen-bond donors (Lipinski definition) is 2. The van der Waals surface area contributed by atoms with Crippen LogP contribution < -0.4 is 10.5 Å². The van der Waals surface area contributed by atoms with Gasteiger partial charge in [0, 0.05) is 12.6 Å². The molecule has 0 saturated carbocycles. The van der Waals surface area contributed by atoms with Crippen molar-refractivity contribution >= 4 is 10.0 Å². The zero-order valence-electron chi connectivity index (χ0n) is 10.2. The van der Waals surface area contributed by atoms with E-state index < -0.39 is 10.0 Å². The Bertz CT molecular complexity index is 261. The maximum Gasteiger partial charge on any atom is 0.211 e. The van der Waals surface area contributed by atoms with Crippen LogP contribution in [0.15, 0.2) is 0 Å². The van der Waals surface area contributed by atoms with E-state index in [1.807, 2.05) is 13.8 Å². The molecule has 0 spiro atoms. The van der Waals surface area contributed by atoms with Crippen molar-refractivity contribution in [3.8, 4) is 0 Å². The molecule has 0 aliphatic carbocycles. The molecule has 0 aliphatic rings. The van der Waals surface area contributed by atoms with Gasteiger partial charge >= 0.3 is 0 Å². The van der Waals surface area contributed by atoms with Crippen molar-refractivity contribution in [3.05, 3.63) is 0 Å². The molecule has 0 aliphatic heterocycles. The van der Waals surface area contributed by atoms with Gasteiger partial charge in [0.1, 0.15) is 0 Å². The van der Waals surface area contributed by atoms with Crippen molar-refractivity contribution in [3.63, 3.8) is 0 Å². The van der Waals surface area contributed by atoms with Crippen molar-refractivity contribution in [2.24, 2.45) is 17.6 Å². The van der Waals surface area contributed by atoms with Crippen LogP contribution in [-0.4, -0.2) is 26.8 Å². The second-order valence-corrected chi connectivity index (χ2v) is 6.76. The van der Waals surface area contributed by atoms with E-state index in [9.17, 15) is 8.42 Å². The average Bonchev–Trinajstić information content (AvgIpc) is 1.97. The van der Waals surface area contributed by atoms with Crippen LogP contribution >= 0.6 is 0 Å². The van der Waals surface area contributed by atoms with Gasteiger partial charge in [0.05, 0.1) is 5.75 Å². The smallest absolute Gasteiger partial charge is 0.211 e. The Morgan fingerprint density at radius 2 is 1.67 bits per heavy atom. The molecule has 0 aromatic carbocycles. The molecule has 5 heteroatoms. The summed E-state index contributed by atoms with van der Waals surface area (Å²) in [5.74, 6) is 0.805. The van der Waals surface area contributed by atoms with Gasteiger partial charge in [0.2, 0.25) is 10.0 Å². The molecule has 15 heavy (non-hydrogen) atoms. The van der Waals surface area contributed by atoms with Crippen LogP contribution in [0.5, 0.6) is 0 Å². The van der Waals surface area contributed by atoms with Crippen molar-refractivity contribution in [2.75, 3.05) is 12.3 Å². The molecule has 0 amide bonds. The molecule has 0 aromatic heterocycles. The summed E-state index contributed by atoms with van der Waals surface area (Å²) in [6.45, 7) is 8.25. The highest BCUT2D eigenvalue weighted by Crippen LogP contribution is 2.03. The topological polar surface area (TPSA) is 72.2 Å². The van der Waals surface area contributed by atoms with E-state index in [0.29, 0.717) is 12.5 Å². The van der Waals surface area contributed by atoms with Gasteiger partial charge in [0.25, 0.3) is 0 Å². The van der Waals surface area contributed by atoms with Gasteiger partial charge in [-0.2, -0.15) is 0 Å². The molecular formula is C10H24N2O2S. The van der Waals surface area contributed by atoms with E-state index in [4.69, 9.17) is 5.73 Å². The van der Waals surface area contributed by atoms with Gasteiger partial charge in [-0.15, -0.1) is 0 Å². The van der Waals surface area contributed by atoms with Crippen LogP contribution in [0.1, 0.15) is 34.1 Å². The zero-order valence-corrected chi connectivity index (χ0v) is 11.0. The normalized spacial score (nSPS) is 14.9. The Morgan fingerprint density at radius 3 is 2.07 bits per heavy atom. The Kier molecular flexibility index (Phi) is 6.40. The van der Waals surface area contributed by atoms with Crippen molar-refractivity contribution < 1.29 is 8.42 Å². The summed E-state index contributed by atoms with van der Waals surface area (Å²) >= 11 is 0. The van der Waals surface area contributed by atoms with Gasteiger partial charge in [-0.25, -0.2) is 13.1 Å². The molecular weight excluding hydrogens is 212 g/mol. The van der Waals surface area contributed by atoms with E-state index in [2.05, 4.69) is 18.6 Å². The largest absolute Gasteiger partial charge is 0.327 e. The maximum atomic E-state index is 11.5. The van der Waals surface area contributed by atoms with Crippen LogP contribution in [0.25, 0.3) is 0 Å². The van der Waals surface area contributed by atoms with E-state index >= 15 is 0 Å². The van der Waals surface area contributed by atoms with Gasteiger partial charge in [-0.3, -0.25) is 0 Å². The fraction of sp³-hybridized carbons (Fsp3) is 1.00. The van der Waals surface area contributed by atoms with Crippen LogP contribution in [0.4, 0.5) is 0 Å². The first-order chi connectivity index (χ1) is 6.73. The monoisotopic (exact) mass is 236 g/mol. The third-order valence-corrected chi connectivity index (χ3v) is 3.60. The van der Waals surface area contributed by atoms with Crippen molar-refractivity contribution in [2.45, 2.75) is 40.2 Å². The molecule has 0 fully saturated rings. The minimum absolute atomic E-state index is 0.0908. The van der Waals surface area contributed by atoms with Gasteiger partial charge in [-0.05, 0) is 18.3 Å². The highest BCUT2D eigenvalue weighted by atomic mass is 32.2. The number of nitrogens with one attached hydrogen (secondary N) is 1. The first-order valence-corrected chi connectivity index (χ1v) is 7.11. The molecule has 4 nitrogen and oxygen atoms in total. The molecule has 1 atom stereocenters. The molecule has 0 heterocycles. The van der Waals surface area contributed by atoms with Crippen LogP contribution in [-0.2, 0) is 10.0 Å². The standard InChI is InChI=1S/C10H24N2O2S/c1-8(2)5-10(11)6-12-15(13,14)7-9(3)4/h8-10,12H,5-7,11H2,1-4H3. The molecule has 0 saturated heterocycles. The lowest BCUT2D eigenvalue weighted by Gasteiger charge is -2.15. The van der Waals surface area contributed by atoms with E-state index in [1.165, 1.54) is 0 Å². The van der Waals surface area contributed by atoms with Crippen LogP contribution in [0, 0.1) is 11.8 Å². The summed E-state index contributed by atoms with van der Waals surface area (Å²) in [7, 11) is -3.14. The highest BCUT2D eigenvalue weighted by Gasteiger charge is 2.14. The second kappa shape index (κ2) is 6.45. The van der Waals surface area contributed by atoms with Crippen LogP contribution in [0.3, 0.4) is 0 Å². The van der Waals surface area contributed by atoms with Crippen molar-refractivity contribution in [1.82, 2.24) is 4.72 Å². The number of rotatable bonds is 7. The number of nitrogens with two attached hydrogens (primary N) is 1. The minimum Gasteiger partial charge on any atom is -0.327 e. The molecule has 0 aromatic rings. The summed E-state index contributed by atoms with van der Waals surface area (Å²) in [5.41, 5.74) is 5.79. The van der Waals surface area contributed by atoms with Crippen molar-refractivity contribution in [1.29, 1.82) is 0 Å². The highest BCUT2D eigenvalue weighted by molar-refractivity contribution is 7.89. The second-order valence-electron chi connectivity index (χ2n) is 4.91. The Balaban J connectivity index is 3.93. The molecule has 3 N–H and O–H groups in total. The van der Waals surface area contributed by atoms with Gasteiger partial charge in [0.15, 0.2) is 0 Å². The third kappa shape index (κ3) is 8.84.